The van der Waals surface area contributed by atoms with Gasteiger partial charge in [0.15, 0.2) is 0 Å². The van der Waals surface area contributed by atoms with Crippen LogP contribution in [0.25, 0.3) is 0 Å². The first-order chi connectivity index (χ1) is 12.0. The zero-order valence-electron chi connectivity index (χ0n) is 15.5. The molecule has 5 nitrogen and oxygen atoms in total. The average Bonchev–Trinajstić information content (AvgIpc) is 3.12. The van der Waals surface area contributed by atoms with Crippen LogP contribution in [-0.2, 0) is 14.3 Å². The fraction of sp³-hybridized carbons (Fsp3) is 0.900. The van der Waals surface area contributed by atoms with Gasteiger partial charge in [0.25, 0.3) is 0 Å². The van der Waals surface area contributed by atoms with Crippen molar-refractivity contribution < 1.29 is 24.5 Å². The molecule has 0 saturated carbocycles. The van der Waals surface area contributed by atoms with E-state index in [1.54, 1.807) is 0 Å². The highest BCUT2D eigenvalue weighted by atomic mass is 16.5. The molecule has 0 radical (unpaired) electrons. The minimum atomic E-state index is -1.03. The second-order valence-corrected chi connectivity index (χ2v) is 7.87. The van der Waals surface area contributed by atoms with E-state index in [9.17, 15) is 19.8 Å². The number of carboxylic acid groups (broad SMARTS) is 2. The molecular formula is C20H34O5. The van der Waals surface area contributed by atoms with Gasteiger partial charge in [0.2, 0.25) is 0 Å². The third kappa shape index (κ3) is 4.96. The Balaban J connectivity index is 1.68. The Labute approximate surface area is 151 Å². The Kier molecular flexibility index (Phi) is 7.73. The van der Waals surface area contributed by atoms with Crippen LogP contribution in [0.15, 0.2) is 0 Å². The van der Waals surface area contributed by atoms with Crippen molar-refractivity contribution >= 4 is 11.9 Å². The van der Waals surface area contributed by atoms with Gasteiger partial charge in [0.05, 0.1) is 17.6 Å². The van der Waals surface area contributed by atoms with Crippen molar-refractivity contribution in [2.24, 2.45) is 11.8 Å². The molecule has 25 heavy (non-hydrogen) atoms. The Morgan fingerprint density at radius 2 is 1.48 bits per heavy atom. The van der Waals surface area contributed by atoms with Crippen LogP contribution in [0.4, 0.5) is 0 Å². The number of carbonyl (C=O) groups is 2. The first kappa shape index (κ1) is 20.2. The molecule has 0 spiro atoms. The predicted octanol–water partition coefficient (Wildman–Crippen LogP) is 4.63. The van der Waals surface area contributed by atoms with Crippen LogP contribution < -0.4 is 0 Å². The van der Waals surface area contributed by atoms with Gasteiger partial charge in [-0.3, -0.25) is 9.59 Å². The zero-order chi connectivity index (χ0) is 18.3. The number of fused-ring (bicyclic) bond motifs is 2. The van der Waals surface area contributed by atoms with Gasteiger partial charge in [-0.25, -0.2) is 0 Å². The number of unbranched alkanes of at least 4 members (excludes halogenated alkanes) is 9. The van der Waals surface area contributed by atoms with E-state index in [4.69, 9.17) is 4.74 Å². The van der Waals surface area contributed by atoms with Gasteiger partial charge in [0.1, 0.15) is 5.92 Å². The van der Waals surface area contributed by atoms with E-state index < -0.39 is 35.5 Å². The average molecular weight is 354 g/mol. The van der Waals surface area contributed by atoms with Crippen molar-refractivity contribution in [1.82, 2.24) is 0 Å². The largest absolute Gasteiger partial charge is 0.481 e. The summed E-state index contributed by atoms with van der Waals surface area (Å²) in [6, 6.07) is 0. The summed E-state index contributed by atoms with van der Waals surface area (Å²) in [6.45, 7) is 2.23. The minimum Gasteiger partial charge on any atom is -0.481 e. The molecule has 2 N–H and O–H groups in total. The number of carboxylic acids is 2. The highest BCUT2D eigenvalue weighted by Crippen LogP contribution is 2.53. The number of hydrogen-bond acceptors (Lipinski definition) is 3. The van der Waals surface area contributed by atoms with Crippen LogP contribution in [-0.4, -0.2) is 33.9 Å². The summed E-state index contributed by atoms with van der Waals surface area (Å²) in [7, 11) is 0. The van der Waals surface area contributed by atoms with E-state index in [-0.39, 0.29) is 0 Å². The van der Waals surface area contributed by atoms with Crippen molar-refractivity contribution in [3.63, 3.8) is 0 Å². The number of rotatable bonds is 13. The molecule has 2 aliphatic heterocycles. The van der Waals surface area contributed by atoms with Crippen LogP contribution in [0.5, 0.6) is 0 Å². The van der Waals surface area contributed by atoms with E-state index in [2.05, 4.69) is 6.92 Å². The van der Waals surface area contributed by atoms with Crippen LogP contribution in [0.1, 0.15) is 90.4 Å². The topological polar surface area (TPSA) is 83.8 Å². The van der Waals surface area contributed by atoms with E-state index >= 15 is 0 Å². The Bertz CT molecular complexity index is 449. The van der Waals surface area contributed by atoms with Crippen LogP contribution in [0.3, 0.4) is 0 Å². The lowest BCUT2D eigenvalue weighted by molar-refractivity contribution is -0.156. The monoisotopic (exact) mass is 354 g/mol. The molecule has 0 aromatic rings. The minimum absolute atomic E-state index is 0.415. The lowest BCUT2D eigenvalue weighted by Gasteiger charge is -2.32. The molecule has 2 rings (SSSR count). The lowest BCUT2D eigenvalue weighted by Crippen LogP contribution is -2.45. The molecule has 2 fully saturated rings. The van der Waals surface area contributed by atoms with E-state index in [0.29, 0.717) is 19.3 Å². The van der Waals surface area contributed by atoms with Gasteiger partial charge in [-0.1, -0.05) is 71.1 Å². The molecular weight excluding hydrogens is 320 g/mol. The SMILES string of the molecule is CCCCCCCCCCCC[C@@]12CC[C@@H](O1)C(C(=O)O)C2C(=O)O. The Morgan fingerprint density at radius 1 is 0.920 bits per heavy atom. The molecule has 0 amide bonds. The standard InChI is InChI=1S/C20H34O5/c1-2-3-4-5-6-7-8-9-10-11-13-20-14-12-15(25-20)16(18(21)22)17(20)19(23)24/h15-17H,2-14H2,1H3,(H,21,22)(H,23,24)/t15-,16?,17?,20+/m1/s1. The summed E-state index contributed by atoms with van der Waals surface area (Å²) in [4.78, 5) is 23.1. The van der Waals surface area contributed by atoms with Gasteiger partial charge in [-0.15, -0.1) is 0 Å². The molecule has 2 unspecified atom stereocenters. The lowest BCUT2D eigenvalue weighted by atomic mass is 9.69. The molecule has 4 atom stereocenters. The van der Waals surface area contributed by atoms with Crippen molar-refractivity contribution in [1.29, 1.82) is 0 Å². The maximum atomic E-state index is 11.7. The summed E-state index contributed by atoms with van der Waals surface area (Å²) in [5.74, 6) is -3.81. The molecule has 0 aliphatic carbocycles. The second-order valence-electron chi connectivity index (χ2n) is 7.87. The normalized spacial score (nSPS) is 30.7. The third-order valence-electron chi connectivity index (χ3n) is 6.07. The summed E-state index contributed by atoms with van der Waals surface area (Å²) >= 11 is 0. The van der Waals surface area contributed by atoms with Crippen LogP contribution in [0, 0.1) is 11.8 Å². The van der Waals surface area contributed by atoms with Crippen molar-refractivity contribution in [2.45, 2.75) is 102 Å². The first-order valence-electron chi connectivity index (χ1n) is 10.2. The summed E-state index contributed by atoms with van der Waals surface area (Å²) in [5, 5.41) is 18.9. The van der Waals surface area contributed by atoms with Crippen LogP contribution in [0.2, 0.25) is 0 Å². The highest BCUT2D eigenvalue weighted by Gasteiger charge is 2.64. The fourth-order valence-electron chi connectivity index (χ4n) is 4.76. The molecule has 2 saturated heterocycles. The number of aliphatic carboxylic acids is 2. The number of ether oxygens (including phenoxy) is 1. The van der Waals surface area contributed by atoms with Crippen molar-refractivity contribution in [3.8, 4) is 0 Å². The third-order valence-corrected chi connectivity index (χ3v) is 6.07. The Hall–Kier alpha value is -1.10. The van der Waals surface area contributed by atoms with Gasteiger partial charge < -0.3 is 14.9 Å². The molecule has 2 bridgehead atoms. The van der Waals surface area contributed by atoms with Gasteiger partial charge in [-0.05, 0) is 19.3 Å². The van der Waals surface area contributed by atoms with E-state index in [1.807, 2.05) is 0 Å². The smallest absolute Gasteiger partial charge is 0.310 e. The maximum absolute atomic E-state index is 11.7. The number of hydrogen-bond donors (Lipinski definition) is 2. The molecule has 5 heteroatoms. The Morgan fingerprint density at radius 3 is 2.00 bits per heavy atom. The zero-order valence-corrected chi connectivity index (χ0v) is 15.5. The van der Waals surface area contributed by atoms with Crippen LogP contribution >= 0.6 is 0 Å². The molecule has 2 aliphatic rings. The quantitative estimate of drug-likeness (QED) is 0.471. The second kappa shape index (κ2) is 9.56. The maximum Gasteiger partial charge on any atom is 0.310 e. The molecule has 0 aromatic carbocycles. The fourth-order valence-corrected chi connectivity index (χ4v) is 4.76. The predicted molar refractivity (Wildman–Crippen MR) is 95.6 cm³/mol. The summed E-state index contributed by atoms with van der Waals surface area (Å²) in [6.07, 6.45) is 14.0. The first-order valence-corrected chi connectivity index (χ1v) is 10.2. The van der Waals surface area contributed by atoms with Crippen molar-refractivity contribution in [3.05, 3.63) is 0 Å². The summed E-state index contributed by atoms with van der Waals surface area (Å²) < 4.78 is 5.93. The molecule has 144 valence electrons. The summed E-state index contributed by atoms with van der Waals surface area (Å²) in [5.41, 5.74) is -0.736. The van der Waals surface area contributed by atoms with E-state index in [1.165, 1.54) is 51.4 Å². The highest BCUT2D eigenvalue weighted by molar-refractivity contribution is 5.82. The van der Waals surface area contributed by atoms with Gasteiger partial charge in [-0.2, -0.15) is 0 Å². The molecule has 0 aromatic heterocycles. The van der Waals surface area contributed by atoms with Crippen molar-refractivity contribution in [2.75, 3.05) is 0 Å². The van der Waals surface area contributed by atoms with Gasteiger partial charge >= 0.3 is 11.9 Å². The molecule has 2 heterocycles. The van der Waals surface area contributed by atoms with Gasteiger partial charge in [0, 0.05) is 0 Å². The van der Waals surface area contributed by atoms with E-state index in [0.717, 1.165) is 12.8 Å².